The summed E-state index contributed by atoms with van der Waals surface area (Å²) in [5.41, 5.74) is 0.734. The van der Waals surface area contributed by atoms with Crippen molar-refractivity contribution in [3.8, 4) is 0 Å². The highest BCUT2D eigenvalue weighted by molar-refractivity contribution is 7.97. The largest absolute Gasteiger partial charge is 0.372 e. The first kappa shape index (κ1) is 11.8. The molecule has 0 amide bonds. The van der Waals surface area contributed by atoms with Crippen LogP contribution in [0.25, 0.3) is 10.2 Å². The Kier molecular flexibility index (Phi) is 2.69. The van der Waals surface area contributed by atoms with E-state index < -0.39 is 15.0 Å². The second-order valence-corrected chi connectivity index (χ2v) is 6.86. The van der Waals surface area contributed by atoms with E-state index in [1.165, 1.54) is 0 Å². The molecule has 1 aromatic carbocycles. The van der Waals surface area contributed by atoms with Crippen LogP contribution >= 0.6 is 11.3 Å². The Morgan fingerprint density at radius 1 is 1.33 bits per heavy atom. The maximum atomic E-state index is 13.8. The molecule has 1 aromatic heterocycles. The second-order valence-electron chi connectivity index (χ2n) is 3.82. The van der Waals surface area contributed by atoms with Gasteiger partial charge in [0, 0.05) is 5.57 Å². The van der Waals surface area contributed by atoms with Crippen LogP contribution < -0.4 is 0 Å². The van der Waals surface area contributed by atoms with Crippen LogP contribution in [0, 0.1) is 0 Å². The summed E-state index contributed by atoms with van der Waals surface area (Å²) in [4.78, 5) is 3.96. The molecule has 0 radical (unpaired) electrons. The van der Waals surface area contributed by atoms with E-state index in [0.29, 0.717) is 5.52 Å². The number of thiazole rings is 1. The number of rotatable bonds is 2. The van der Waals surface area contributed by atoms with Crippen LogP contribution in [0.1, 0.15) is 0 Å². The van der Waals surface area contributed by atoms with Crippen molar-refractivity contribution in [2.45, 2.75) is 4.34 Å². The molecule has 0 saturated carbocycles. The number of ether oxygens (including phenoxy) is 1. The normalized spacial score (nSPS) is 15.7. The molecule has 0 N–H and O–H groups in total. The van der Waals surface area contributed by atoms with Crippen molar-refractivity contribution in [3.05, 3.63) is 35.0 Å². The van der Waals surface area contributed by atoms with Gasteiger partial charge < -0.3 is 4.74 Å². The zero-order chi connectivity index (χ0) is 12.8. The third kappa shape index (κ3) is 1.75. The van der Waals surface area contributed by atoms with Crippen LogP contribution in [0.15, 0.2) is 39.3 Å². The Morgan fingerprint density at radius 3 is 2.67 bits per heavy atom. The summed E-state index contributed by atoms with van der Waals surface area (Å²) in [6.07, 6.45) is 0. The van der Waals surface area contributed by atoms with Gasteiger partial charge in [-0.05, 0) is 12.1 Å². The van der Waals surface area contributed by atoms with Crippen molar-refractivity contribution < 1.29 is 17.5 Å². The van der Waals surface area contributed by atoms with Crippen LogP contribution in [0.3, 0.4) is 0 Å². The zero-order valence-corrected chi connectivity index (χ0v) is 10.7. The number of halogens is 1. The van der Waals surface area contributed by atoms with Crippen molar-refractivity contribution >= 4 is 31.4 Å². The van der Waals surface area contributed by atoms with Gasteiger partial charge in [-0.1, -0.05) is 12.1 Å². The summed E-state index contributed by atoms with van der Waals surface area (Å²) >= 11 is 0.970. The van der Waals surface area contributed by atoms with E-state index in [9.17, 15) is 12.8 Å². The molecule has 0 unspecified atom stereocenters. The maximum Gasteiger partial charge on any atom is 0.260 e. The predicted octanol–water partition coefficient (Wildman–Crippen LogP) is 2.28. The molecule has 1 saturated heterocycles. The molecule has 0 atom stereocenters. The van der Waals surface area contributed by atoms with Crippen LogP contribution in [0.4, 0.5) is 4.39 Å². The molecule has 0 bridgehead atoms. The number of aromatic nitrogens is 1. The molecule has 2 aromatic rings. The summed E-state index contributed by atoms with van der Waals surface area (Å²) in [6.45, 7) is 0.0753. The molecule has 4 nitrogen and oxygen atoms in total. The van der Waals surface area contributed by atoms with Gasteiger partial charge in [0.05, 0.1) is 23.4 Å². The fourth-order valence-corrected chi connectivity index (χ4v) is 4.04. The average molecular weight is 285 g/mol. The van der Waals surface area contributed by atoms with Gasteiger partial charge >= 0.3 is 0 Å². The van der Waals surface area contributed by atoms with Crippen molar-refractivity contribution in [1.29, 1.82) is 0 Å². The summed E-state index contributed by atoms with van der Waals surface area (Å²) < 4.78 is 43.1. The number of hydrogen-bond acceptors (Lipinski definition) is 5. The van der Waals surface area contributed by atoms with Gasteiger partial charge in [-0.15, -0.1) is 11.3 Å². The summed E-state index contributed by atoms with van der Waals surface area (Å²) in [6, 6.07) is 6.99. The quantitative estimate of drug-likeness (QED) is 0.849. The molecular weight excluding hydrogens is 277 g/mol. The third-order valence-corrected chi connectivity index (χ3v) is 5.62. The maximum absolute atomic E-state index is 13.8. The molecule has 7 heteroatoms. The number of benzene rings is 1. The van der Waals surface area contributed by atoms with Crippen LogP contribution in [-0.2, 0) is 14.6 Å². The summed E-state index contributed by atoms with van der Waals surface area (Å²) in [5.74, 6) is 0. The van der Waals surface area contributed by atoms with Gasteiger partial charge in [-0.3, -0.25) is 0 Å². The number of fused-ring (bicyclic) bond motifs is 1. The fraction of sp³-hybridized carbons (Fsp3) is 0.182. The first-order chi connectivity index (χ1) is 8.59. The minimum atomic E-state index is -4.12. The number of para-hydroxylation sites is 1. The zero-order valence-electron chi connectivity index (χ0n) is 9.09. The first-order valence-corrected chi connectivity index (χ1v) is 7.45. The van der Waals surface area contributed by atoms with Crippen molar-refractivity contribution in [3.63, 3.8) is 0 Å². The van der Waals surface area contributed by atoms with E-state index in [0.717, 1.165) is 16.0 Å². The average Bonchev–Trinajstić information content (AvgIpc) is 2.70. The molecule has 18 heavy (non-hydrogen) atoms. The summed E-state index contributed by atoms with van der Waals surface area (Å²) in [5, 5.41) is -1.12. The third-order valence-electron chi connectivity index (χ3n) is 2.57. The molecule has 94 valence electrons. The minimum Gasteiger partial charge on any atom is -0.372 e. The lowest BCUT2D eigenvalue weighted by Crippen LogP contribution is -2.20. The lowest BCUT2D eigenvalue weighted by atomic mass is 10.3. The lowest BCUT2D eigenvalue weighted by Gasteiger charge is -2.17. The van der Waals surface area contributed by atoms with E-state index in [2.05, 4.69) is 4.98 Å². The van der Waals surface area contributed by atoms with E-state index in [4.69, 9.17) is 4.74 Å². The molecule has 1 fully saturated rings. The van der Waals surface area contributed by atoms with E-state index in [1.807, 2.05) is 0 Å². The number of hydrogen-bond donors (Lipinski definition) is 0. The minimum absolute atomic E-state index is 0.0377. The molecule has 1 aliphatic heterocycles. The molecule has 0 aliphatic carbocycles. The molecular formula is C11H8FNO3S2. The number of sulfone groups is 1. The first-order valence-electron chi connectivity index (χ1n) is 5.15. The Morgan fingerprint density at radius 2 is 2.06 bits per heavy atom. The monoisotopic (exact) mass is 285 g/mol. The van der Waals surface area contributed by atoms with Crippen LogP contribution in [0.5, 0.6) is 0 Å². The topological polar surface area (TPSA) is 56.3 Å². The van der Waals surface area contributed by atoms with Gasteiger partial charge in [-0.25, -0.2) is 13.4 Å². The van der Waals surface area contributed by atoms with Gasteiger partial charge in [0.1, 0.15) is 0 Å². The van der Waals surface area contributed by atoms with Gasteiger partial charge in [0.2, 0.25) is 9.50 Å². The lowest BCUT2D eigenvalue weighted by molar-refractivity contribution is 0.0993. The predicted molar refractivity (Wildman–Crippen MR) is 65.8 cm³/mol. The Bertz CT molecular complexity index is 709. The smallest absolute Gasteiger partial charge is 0.260 e. The van der Waals surface area contributed by atoms with E-state index >= 15 is 0 Å². The Balaban J connectivity index is 2.13. The van der Waals surface area contributed by atoms with Gasteiger partial charge in [0.15, 0.2) is 0 Å². The molecule has 0 spiro atoms. The second kappa shape index (κ2) is 4.11. The van der Waals surface area contributed by atoms with Crippen LogP contribution in [0.2, 0.25) is 0 Å². The molecule has 1 aliphatic rings. The van der Waals surface area contributed by atoms with E-state index in [1.54, 1.807) is 24.3 Å². The Labute approximate surface area is 107 Å². The van der Waals surface area contributed by atoms with E-state index in [-0.39, 0.29) is 23.1 Å². The molecule has 2 heterocycles. The van der Waals surface area contributed by atoms with Crippen molar-refractivity contribution in [2.24, 2.45) is 0 Å². The van der Waals surface area contributed by atoms with Crippen molar-refractivity contribution in [2.75, 3.05) is 13.2 Å². The Hall–Kier alpha value is -1.31. The summed E-state index contributed by atoms with van der Waals surface area (Å²) in [7, 11) is -4.12. The van der Waals surface area contributed by atoms with Crippen LogP contribution in [-0.4, -0.2) is 26.6 Å². The fourth-order valence-electron chi connectivity index (χ4n) is 1.55. The van der Waals surface area contributed by atoms with Gasteiger partial charge in [-0.2, -0.15) is 4.39 Å². The van der Waals surface area contributed by atoms with Gasteiger partial charge in [0.25, 0.3) is 9.84 Å². The molecule has 3 rings (SSSR count). The standard InChI is InChI=1S/C11H8FNO3S2/c12-10(7-5-16-6-7)18(14,15)11-13-8-3-1-2-4-9(8)17-11/h1-4H,5-6H2. The SMILES string of the molecule is O=S(=O)(C(F)=C1COC1)c1nc2ccccc2s1. The number of nitrogens with zero attached hydrogens (tertiary/aromatic N) is 1. The highest BCUT2D eigenvalue weighted by atomic mass is 32.2. The van der Waals surface area contributed by atoms with Crippen molar-refractivity contribution in [1.82, 2.24) is 4.98 Å². The highest BCUT2D eigenvalue weighted by Crippen LogP contribution is 2.31. The highest BCUT2D eigenvalue weighted by Gasteiger charge is 2.30.